The van der Waals surface area contributed by atoms with Crippen LogP contribution in [0.2, 0.25) is 0 Å². The van der Waals surface area contributed by atoms with Gasteiger partial charge in [0.15, 0.2) is 0 Å². The number of hydrogen-bond acceptors (Lipinski definition) is 8. The van der Waals surface area contributed by atoms with E-state index in [0.717, 1.165) is 5.56 Å². The molecule has 7 atom stereocenters. The van der Waals surface area contributed by atoms with Crippen LogP contribution in [0.15, 0.2) is 30.3 Å². The molecule has 3 aliphatic rings. The highest BCUT2D eigenvalue weighted by molar-refractivity contribution is 5.98. The number of nitrogens with zero attached hydrogens (tertiary/aromatic N) is 2. The Balaban J connectivity index is 1.69. The molecule has 15 heteroatoms. The topological polar surface area (TPSA) is 206 Å². The Labute approximate surface area is 299 Å². The van der Waals surface area contributed by atoms with Crippen LogP contribution in [0.5, 0.6) is 0 Å². The van der Waals surface area contributed by atoms with Crippen molar-refractivity contribution in [3.63, 3.8) is 0 Å². The van der Waals surface area contributed by atoms with Crippen molar-refractivity contribution in [2.24, 2.45) is 11.8 Å². The van der Waals surface area contributed by atoms with Gasteiger partial charge in [-0.15, -0.1) is 0 Å². The van der Waals surface area contributed by atoms with Crippen LogP contribution in [-0.2, 0) is 40.0 Å². The zero-order chi connectivity index (χ0) is 37.2. The normalized spacial score (nSPS) is 28.2. The summed E-state index contributed by atoms with van der Waals surface area (Å²) in [5, 5.41) is 23.3. The highest BCUT2D eigenvalue weighted by Gasteiger charge is 2.44. The summed E-state index contributed by atoms with van der Waals surface area (Å²) in [5.74, 6) is -4.56. The predicted octanol–water partition coefficient (Wildman–Crippen LogP) is -0.635. The lowest BCUT2D eigenvalue weighted by atomic mass is 9.96. The quantitative estimate of drug-likeness (QED) is 0.214. The number of fused-ring (bicyclic) bond motifs is 2. The average Bonchev–Trinajstić information content (AvgIpc) is 3.81. The van der Waals surface area contributed by atoms with E-state index in [-0.39, 0.29) is 37.1 Å². The van der Waals surface area contributed by atoms with E-state index in [1.165, 1.54) is 9.80 Å². The van der Waals surface area contributed by atoms with Gasteiger partial charge in [-0.25, -0.2) is 0 Å². The molecule has 0 bridgehead atoms. The molecule has 3 heterocycles. The molecular formula is C36H53N7O8. The van der Waals surface area contributed by atoms with Crippen molar-refractivity contribution in [2.75, 3.05) is 26.2 Å². The number of nitrogens with one attached hydrogen (secondary N) is 5. The lowest BCUT2D eigenvalue weighted by Gasteiger charge is -2.34. The van der Waals surface area contributed by atoms with E-state index in [2.05, 4.69) is 26.6 Å². The first-order chi connectivity index (χ1) is 24.3. The number of hydrogen-bond donors (Lipinski definition) is 6. The zero-order valence-electron chi connectivity index (χ0n) is 30.0. The van der Waals surface area contributed by atoms with Crippen LogP contribution in [0.1, 0.15) is 71.8 Å². The molecule has 1 aromatic rings. The van der Waals surface area contributed by atoms with Gasteiger partial charge in [-0.3, -0.25) is 33.6 Å². The third-order valence-electron chi connectivity index (χ3n) is 9.95. The van der Waals surface area contributed by atoms with Gasteiger partial charge in [0.25, 0.3) is 0 Å². The van der Waals surface area contributed by atoms with E-state index in [1.54, 1.807) is 24.3 Å². The highest BCUT2D eigenvalue weighted by Crippen LogP contribution is 2.27. The van der Waals surface area contributed by atoms with Gasteiger partial charge in [-0.2, -0.15) is 0 Å². The molecule has 6 N–H and O–H groups in total. The van der Waals surface area contributed by atoms with Crippen LogP contribution < -0.4 is 26.6 Å². The van der Waals surface area contributed by atoms with Gasteiger partial charge in [0.05, 0.1) is 13.2 Å². The molecule has 7 amide bonds. The first-order valence-corrected chi connectivity index (χ1v) is 18.1. The fourth-order valence-electron chi connectivity index (χ4n) is 6.95. The Kier molecular flexibility index (Phi) is 13.9. The minimum atomic E-state index is -1.43. The van der Waals surface area contributed by atoms with Gasteiger partial charge >= 0.3 is 0 Å². The average molecular weight is 712 g/mol. The number of carbonyl (C=O) groups excluding carboxylic acids is 7. The van der Waals surface area contributed by atoms with Crippen molar-refractivity contribution in [2.45, 2.75) is 109 Å². The zero-order valence-corrected chi connectivity index (χ0v) is 30.0. The summed E-state index contributed by atoms with van der Waals surface area (Å²) < 4.78 is 0. The highest BCUT2D eigenvalue weighted by atomic mass is 16.3. The summed E-state index contributed by atoms with van der Waals surface area (Å²) in [5.41, 5.74) is 0.737. The number of aliphatic hydroxyl groups is 1. The van der Waals surface area contributed by atoms with Gasteiger partial charge in [-0.1, -0.05) is 64.4 Å². The Hall–Kier alpha value is -4.53. The predicted molar refractivity (Wildman–Crippen MR) is 186 cm³/mol. The monoisotopic (exact) mass is 711 g/mol. The maximum Gasteiger partial charge on any atom is 0.246 e. The number of amides is 7. The molecule has 280 valence electrons. The minimum absolute atomic E-state index is 0.0341. The molecule has 0 spiro atoms. The maximum absolute atomic E-state index is 14.1. The summed E-state index contributed by atoms with van der Waals surface area (Å²) in [7, 11) is 0. The third kappa shape index (κ3) is 10.0. The van der Waals surface area contributed by atoms with Crippen molar-refractivity contribution in [1.82, 2.24) is 36.4 Å². The van der Waals surface area contributed by atoms with Crippen LogP contribution >= 0.6 is 0 Å². The molecule has 3 aliphatic heterocycles. The fraction of sp³-hybridized carbons (Fsp3) is 0.639. The molecule has 0 aromatic heterocycles. The molecule has 0 aliphatic carbocycles. The molecule has 0 radical (unpaired) electrons. The Bertz CT molecular complexity index is 1440. The van der Waals surface area contributed by atoms with E-state index in [0.29, 0.717) is 38.6 Å². The largest absolute Gasteiger partial charge is 0.394 e. The smallest absolute Gasteiger partial charge is 0.246 e. The molecular weight excluding hydrogens is 658 g/mol. The summed E-state index contributed by atoms with van der Waals surface area (Å²) in [6, 6.07) is 2.62. The minimum Gasteiger partial charge on any atom is -0.394 e. The lowest BCUT2D eigenvalue weighted by Crippen LogP contribution is -2.60. The standard InChI is InChI=1S/C36H53N7O8/c1-5-22(4)30-34(49)39-24(18-23-11-7-6-8-12-23)31(46)37-19-29(45)38-26(20-44)32(47)40-25(17-21(2)3)35(50)43-16-10-14-28(43)36(51)42-15-9-13-27(42)33(48)41-30/h6-8,11-12,21-22,24-28,30,44H,5,9-10,13-20H2,1-4H3,(H,37,46)(H,38,45)(H,39,49)(H,40,47)(H,41,48)/t22-,24-,25-,26-,27-,28-,30+/m0/s1. The van der Waals surface area contributed by atoms with Crippen molar-refractivity contribution in [3.8, 4) is 0 Å². The summed E-state index contributed by atoms with van der Waals surface area (Å²) in [4.78, 5) is 98.5. The lowest BCUT2D eigenvalue weighted by molar-refractivity contribution is -0.148. The molecule has 1 aromatic carbocycles. The Morgan fingerprint density at radius 1 is 0.725 bits per heavy atom. The van der Waals surface area contributed by atoms with Crippen LogP contribution in [0.25, 0.3) is 0 Å². The number of benzene rings is 1. The summed E-state index contributed by atoms with van der Waals surface area (Å²) in [6.07, 6.45) is 2.71. The van der Waals surface area contributed by atoms with Gasteiger partial charge in [0.1, 0.15) is 36.3 Å². The molecule has 3 fully saturated rings. The van der Waals surface area contributed by atoms with Crippen LogP contribution in [0.4, 0.5) is 0 Å². The van der Waals surface area contributed by atoms with Gasteiger partial charge in [0.2, 0.25) is 41.4 Å². The second-order valence-corrected chi connectivity index (χ2v) is 14.2. The van der Waals surface area contributed by atoms with Crippen molar-refractivity contribution in [1.29, 1.82) is 0 Å². The van der Waals surface area contributed by atoms with E-state index in [4.69, 9.17) is 0 Å². The van der Waals surface area contributed by atoms with Crippen LogP contribution in [0.3, 0.4) is 0 Å². The second-order valence-electron chi connectivity index (χ2n) is 14.2. The molecule has 51 heavy (non-hydrogen) atoms. The molecule has 15 nitrogen and oxygen atoms in total. The number of aliphatic hydroxyl groups excluding tert-OH is 1. The fourth-order valence-corrected chi connectivity index (χ4v) is 6.95. The maximum atomic E-state index is 14.1. The second kappa shape index (κ2) is 18.1. The van der Waals surface area contributed by atoms with Crippen LogP contribution in [0, 0.1) is 11.8 Å². The van der Waals surface area contributed by atoms with E-state index in [9.17, 15) is 38.7 Å². The van der Waals surface area contributed by atoms with Gasteiger partial charge in [0, 0.05) is 19.5 Å². The molecule has 4 rings (SSSR count). The summed E-state index contributed by atoms with van der Waals surface area (Å²) in [6.45, 7) is 6.68. The first kappa shape index (κ1) is 39.3. The third-order valence-corrected chi connectivity index (χ3v) is 9.95. The van der Waals surface area contributed by atoms with Crippen molar-refractivity contribution >= 4 is 41.4 Å². The number of carbonyl (C=O) groups is 7. The van der Waals surface area contributed by atoms with Gasteiger partial charge in [-0.05, 0) is 49.5 Å². The SMILES string of the molecule is CC[C@H](C)[C@H]1NC(=O)[C@@H]2CCCN2C(=O)[C@@H]2CCCN2C(=O)[C@H](CC(C)C)NC(=O)[C@H](CO)NC(=O)CNC(=O)[C@H](Cc2ccccc2)NC1=O. The Morgan fingerprint density at radius 3 is 1.98 bits per heavy atom. The number of rotatable bonds is 7. The molecule has 0 saturated carbocycles. The van der Waals surface area contributed by atoms with Crippen LogP contribution in [-0.4, -0.2) is 119 Å². The summed E-state index contributed by atoms with van der Waals surface area (Å²) >= 11 is 0. The first-order valence-electron chi connectivity index (χ1n) is 18.1. The molecule has 3 saturated heterocycles. The molecule has 0 unspecified atom stereocenters. The van der Waals surface area contributed by atoms with E-state index >= 15 is 0 Å². The van der Waals surface area contributed by atoms with Gasteiger partial charge < -0.3 is 41.5 Å². The van der Waals surface area contributed by atoms with E-state index in [1.807, 2.05) is 33.8 Å². The van der Waals surface area contributed by atoms with E-state index < -0.39 is 84.8 Å². The van der Waals surface area contributed by atoms with Crippen molar-refractivity contribution < 1.29 is 38.7 Å². The Morgan fingerprint density at radius 2 is 1.35 bits per heavy atom. The van der Waals surface area contributed by atoms with Crippen molar-refractivity contribution in [3.05, 3.63) is 35.9 Å².